The molecule has 19 heavy (non-hydrogen) atoms. The fourth-order valence-electron chi connectivity index (χ4n) is 1.97. The normalized spacial score (nSPS) is 19.3. The second-order valence-electron chi connectivity index (χ2n) is 5.39. The van der Waals surface area contributed by atoms with Crippen LogP contribution in [0.15, 0.2) is 18.2 Å². The van der Waals surface area contributed by atoms with Crippen molar-refractivity contribution in [2.24, 2.45) is 11.3 Å². The Morgan fingerprint density at radius 2 is 2.26 bits per heavy atom. The minimum absolute atomic E-state index is 0.00409. The van der Waals surface area contributed by atoms with Crippen molar-refractivity contribution >= 4 is 11.6 Å². The Morgan fingerprint density at radius 3 is 2.79 bits per heavy atom. The molecule has 1 amide bonds. The van der Waals surface area contributed by atoms with Gasteiger partial charge in [0.05, 0.1) is 5.56 Å². The van der Waals surface area contributed by atoms with E-state index < -0.39 is 5.82 Å². The maximum atomic E-state index is 13.7. The van der Waals surface area contributed by atoms with Crippen LogP contribution in [0.4, 0.5) is 10.1 Å². The molecule has 1 aliphatic carbocycles. The van der Waals surface area contributed by atoms with E-state index in [4.69, 9.17) is 5.11 Å². The molecule has 1 aromatic carbocycles. The van der Waals surface area contributed by atoms with E-state index in [0.717, 1.165) is 6.42 Å². The number of aliphatic hydroxyl groups excluding tert-OH is 1. The lowest BCUT2D eigenvalue weighted by molar-refractivity contribution is -0.118. The van der Waals surface area contributed by atoms with Crippen molar-refractivity contribution in [1.29, 1.82) is 0 Å². The van der Waals surface area contributed by atoms with Gasteiger partial charge in [-0.05, 0) is 30.0 Å². The number of hydrogen-bond acceptors (Lipinski definition) is 2. The highest BCUT2D eigenvalue weighted by Gasteiger charge is 2.50. The second kappa shape index (κ2) is 5.02. The van der Waals surface area contributed by atoms with Gasteiger partial charge in [0, 0.05) is 11.6 Å². The van der Waals surface area contributed by atoms with E-state index in [1.807, 2.05) is 13.8 Å². The summed E-state index contributed by atoms with van der Waals surface area (Å²) in [6.45, 7) is 3.76. The smallest absolute Gasteiger partial charge is 0.228 e. The van der Waals surface area contributed by atoms with Gasteiger partial charge in [0.1, 0.15) is 12.4 Å². The van der Waals surface area contributed by atoms with Crippen molar-refractivity contribution in [1.82, 2.24) is 0 Å². The molecule has 1 aromatic rings. The van der Waals surface area contributed by atoms with Crippen molar-refractivity contribution in [2.75, 3.05) is 11.9 Å². The Kier molecular flexibility index (Phi) is 3.59. The molecular weight excluding hydrogens is 245 g/mol. The molecule has 0 spiro atoms. The van der Waals surface area contributed by atoms with E-state index in [1.165, 1.54) is 12.1 Å². The summed E-state index contributed by atoms with van der Waals surface area (Å²) in [4.78, 5) is 11.9. The minimum atomic E-state index is -0.506. The van der Waals surface area contributed by atoms with E-state index in [2.05, 4.69) is 17.2 Å². The number of anilines is 1. The average Bonchev–Trinajstić information content (AvgIpc) is 2.98. The third kappa shape index (κ3) is 3.12. The van der Waals surface area contributed by atoms with E-state index in [-0.39, 0.29) is 29.4 Å². The first-order chi connectivity index (χ1) is 8.94. The topological polar surface area (TPSA) is 49.3 Å². The lowest BCUT2D eigenvalue weighted by Gasteiger charge is -2.07. The third-order valence-electron chi connectivity index (χ3n) is 3.37. The van der Waals surface area contributed by atoms with Crippen molar-refractivity contribution in [2.45, 2.75) is 20.3 Å². The van der Waals surface area contributed by atoms with Crippen molar-refractivity contribution in [3.8, 4) is 11.8 Å². The first-order valence-electron chi connectivity index (χ1n) is 6.14. The summed E-state index contributed by atoms with van der Waals surface area (Å²) in [5.74, 6) is 4.31. The van der Waals surface area contributed by atoms with Gasteiger partial charge in [-0.2, -0.15) is 0 Å². The molecule has 0 saturated heterocycles. The molecule has 1 aliphatic rings. The maximum absolute atomic E-state index is 13.7. The van der Waals surface area contributed by atoms with E-state index in [0.29, 0.717) is 5.69 Å². The monoisotopic (exact) mass is 261 g/mol. The standard InChI is InChI=1S/C15H16FNO2/c1-15(2)9-12(15)14(19)17-11-6-5-10(4-3-7-18)13(16)8-11/h5-6,8,12,18H,7,9H2,1-2H3,(H,17,19). The largest absolute Gasteiger partial charge is 0.384 e. The highest BCUT2D eigenvalue weighted by molar-refractivity contribution is 5.95. The quantitative estimate of drug-likeness (QED) is 0.801. The van der Waals surface area contributed by atoms with Gasteiger partial charge >= 0.3 is 0 Å². The number of carbonyl (C=O) groups excluding carboxylic acids is 1. The SMILES string of the molecule is CC1(C)CC1C(=O)Nc1ccc(C#CCO)c(F)c1. The summed E-state index contributed by atoms with van der Waals surface area (Å²) < 4.78 is 13.7. The number of nitrogens with one attached hydrogen (secondary N) is 1. The van der Waals surface area contributed by atoms with Gasteiger partial charge in [0.2, 0.25) is 5.91 Å². The van der Waals surface area contributed by atoms with Crippen LogP contribution in [-0.4, -0.2) is 17.6 Å². The molecule has 0 aliphatic heterocycles. The van der Waals surface area contributed by atoms with Gasteiger partial charge in [-0.15, -0.1) is 0 Å². The summed E-state index contributed by atoms with van der Waals surface area (Å²) in [7, 11) is 0. The molecular formula is C15H16FNO2. The van der Waals surface area contributed by atoms with E-state index >= 15 is 0 Å². The van der Waals surface area contributed by atoms with Crippen molar-refractivity contribution < 1.29 is 14.3 Å². The Balaban J connectivity index is 2.06. The van der Waals surface area contributed by atoms with Gasteiger partial charge in [0.15, 0.2) is 0 Å². The first kappa shape index (κ1) is 13.6. The van der Waals surface area contributed by atoms with Crippen LogP contribution < -0.4 is 5.32 Å². The number of aliphatic hydroxyl groups is 1. The molecule has 0 aromatic heterocycles. The van der Waals surface area contributed by atoms with Crippen LogP contribution >= 0.6 is 0 Å². The number of hydrogen-bond donors (Lipinski definition) is 2. The van der Waals surface area contributed by atoms with Crippen molar-refractivity contribution in [3.63, 3.8) is 0 Å². The van der Waals surface area contributed by atoms with Crippen LogP contribution in [-0.2, 0) is 4.79 Å². The van der Waals surface area contributed by atoms with Crippen LogP contribution in [0.3, 0.4) is 0 Å². The highest BCUT2D eigenvalue weighted by Crippen LogP contribution is 2.51. The molecule has 2 rings (SSSR count). The zero-order chi connectivity index (χ0) is 14.0. The molecule has 1 saturated carbocycles. The molecule has 3 nitrogen and oxygen atoms in total. The number of halogens is 1. The number of rotatable bonds is 2. The van der Waals surface area contributed by atoms with Gasteiger partial charge < -0.3 is 10.4 Å². The molecule has 1 unspecified atom stereocenters. The molecule has 0 heterocycles. The van der Waals surface area contributed by atoms with Crippen LogP contribution in [0.2, 0.25) is 0 Å². The lowest BCUT2D eigenvalue weighted by Crippen LogP contribution is -2.16. The van der Waals surface area contributed by atoms with Crippen LogP contribution in [0.1, 0.15) is 25.8 Å². The minimum Gasteiger partial charge on any atom is -0.384 e. The van der Waals surface area contributed by atoms with E-state index in [9.17, 15) is 9.18 Å². The van der Waals surface area contributed by atoms with Crippen LogP contribution in [0, 0.1) is 29.0 Å². The summed E-state index contributed by atoms with van der Waals surface area (Å²) in [6, 6.07) is 4.35. The van der Waals surface area contributed by atoms with Crippen LogP contribution in [0.25, 0.3) is 0 Å². The Hall–Kier alpha value is -1.86. The highest BCUT2D eigenvalue weighted by atomic mass is 19.1. The van der Waals surface area contributed by atoms with Gasteiger partial charge in [-0.3, -0.25) is 4.79 Å². The predicted octanol–water partition coefficient (Wildman–Crippen LogP) is 2.15. The number of carbonyl (C=O) groups is 1. The predicted molar refractivity (Wildman–Crippen MR) is 70.9 cm³/mol. The Morgan fingerprint density at radius 1 is 1.58 bits per heavy atom. The number of benzene rings is 1. The molecule has 4 heteroatoms. The summed E-state index contributed by atoms with van der Waals surface area (Å²) in [6.07, 6.45) is 0.862. The molecule has 0 radical (unpaired) electrons. The summed E-state index contributed by atoms with van der Waals surface area (Å²) in [5.41, 5.74) is 0.688. The zero-order valence-electron chi connectivity index (χ0n) is 11.0. The molecule has 0 bridgehead atoms. The molecule has 1 atom stereocenters. The van der Waals surface area contributed by atoms with Gasteiger partial charge in [-0.25, -0.2) is 4.39 Å². The lowest BCUT2D eigenvalue weighted by atomic mass is 10.1. The first-order valence-corrected chi connectivity index (χ1v) is 6.14. The average molecular weight is 261 g/mol. The molecule has 2 N–H and O–H groups in total. The number of amides is 1. The summed E-state index contributed by atoms with van der Waals surface area (Å²) >= 11 is 0. The fraction of sp³-hybridized carbons (Fsp3) is 0.400. The maximum Gasteiger partial charge on any atom is 0.228 e. The molecule has 1 fully saturated rings. The van der Waals surface area contributed by atoms with E-state index in [1.54, 1.807) is 6.07 Å². The van der Waals surface area contributed by atoms with Crippen molar-refractivity contribution in [3.05, 3.63) is 29.6 Å². The summed E-state index contributed by atoms with van der Waals surface area (Å²) in [5, 5.41) is 11.3. The Labute approximate surface area is 111 Å². The fourth-order valence-corrected chi connectivity index (χ4v) is 1.97. The van der Waals surface area contributed by atoms with Gasteiger partial charge in [0.25, 0.3) is 0 Å². The zero-order valence-corrected chi connectivity index (χ0v) is 11.0. The van der Waals surface area contributed by atoms with Crippen LogP contribution in [0.5, 0.6) is 0 Å². The third-order valence-corrected chi connectivity index (χ3v) is 3.37. The Bertz CT molecular complexity index is 569. The van der Waals surface area contributed by atoms with Gasteiger partial charge in [-0.1, -0.05) is 25.7 Å². The molecule has 100 valence electrons. The second-order valence-corrected chi connectivity index (χ2v) is 5.39.